The van der Waals surface area contributed by atoms with Crippen LogP contribution in [0.4, 0.5) is 5.69 Å². The zero-order chi connectivity index (χ0) is 16.7. The first-order valence-electron chi connectivity index (χ1n) is 7.22. The largest absolute Gasteiger partial charge is 0.455 e. The van der Waals surface area contributed by atoms with Gasteiger partial charge in [0.05, 0.1) is 12.1 Å². The zero-order valence-corrected chi connectivity index (χ0v) is 14.0. The fourth-order valence-electron chi connectivity index (χ4n) is 2.00. The van der Waals surface area contributed by atoms with Gasteiger partial charge in [0.15, 0.2) is 6.61 Å². The molecule has 1 N–H and O–H groups in total. The minimum Gasteiger partial charge on any atom is -0.455 e. The first kappa shape index (κ1) is 17.1. The minimum absolute atomic E-state index is 0.162. The van der Waals surface area contributed by atoms with Crippen LogP contribution in [-0.2, 0) is 20.7 Å². The molecule has 0 saturated carbocycles. The molecule has 0 aromatic heterocycles. The quantitative estimate of drug-likeness (QED) is 0.651. The van der Waals surface area contributed by atoms with Crippen molar-refractivity contribution in [3.05, 3.63) is 59.7 Å². The van der Waals surface area contributed by atoms with Gasteiger partial charge < -0.3 is 10.1 Å². The summed E-state index contributed by atoms with van der Waals surface area (Å²) in [7, 11) is 0. The molecule has 0 aliphatic heterocycles. The monoisotopic (exact) mass is 329 g/mol. The van der Waals surface area contributed by atoms with Crippen LogP contribution in [0.5, 0.6) is 0 Å². The third kappa shape index (κ3) is 5.45. The van der Waals surface area contributed by atoms with Gasteiger partial charge in [0.1, 0.15) is 0 Å². The summed E-state index contributed by atoms with van der Waals surface area (Å²) in [6.45, 7) is 1.70. The van der Waals surface area contributed by atoms with Gasteiger partial charge in [-0.25, -0.2) is 0 Å². The topological polar surface area (TPSA) is 55.4 Å². The molecule has 5 heteroatoms. The zero-order valence-electron chi connectivity index (χ0n) is 13.2. The Morgan fingerprint density at radius 3 is 2.48 bits per heavy atom. The average molecular weight is 329 g/mol. The molecule has 0 fully saturated rings. The summed E-state index contributed by atoms with van der Waals surface area (Å²) < 4.78 is 5.03. The number of benzene rings is 2. The normalized spacial score (nSPS) is 10.2. The van der Waals surface area contributed by atoms with Gasteiger partial charge in [-0.2, -0.15) is 0 Å². The van der Waals surface area contributed by atoms with Crippen molar-refractivity contribution in [1.82, 2.24) is 0 Å². The van der Waals surface area contributed by atoms with Gasteiger partial charge in [0.2, 0.25) is 0 Å². The lowest BCUT2D eigenvalue weighted by Gasteiger charge is -2.09. The summed E-state index contributed by atoms with van der Waals surface area (Å²) in [6.07, 6.45) is 2.10. The van der Waals surface area contributed by atoms with E-state index in [1.165, 1.54) is 0 Å². The van der Waals surface area contributed by atoms with Crippen molar-refractivity contribution in [2.24, 2.45) is 0 Å². The molecule has 0 radical (unpaired) electrons. The Kier molecular flexibility index (Phi) is 6.23. The highest BCUT2D eigenvalue weighted by atomic mass is 32.2. The number of aryl methyl sites for hydroxylation is 1. The molecule has 23 heavy (non-hydrogen) atoms. The van der Waals surface area contributed by atoms with Gasteiger partial charge in [-0.05, 0) is 30.9 Å². The number of carbonyl (C=O) groups excluding carboxylic acids is 2. The van der Waals surface area contributed by atoms with E-state index in [0.717, 1.165) is 21.7 Å². The average Bonchev–Trinajstić information content (AvgIpc) is 2.55. The minimum atomic E-state index is -0.415. The molecule has 2 aromatic rings. The Labute approximate surface area is 140 Å². The van der Waals surface area contributed by atoms with Crippen molar-refractivity contribution in [2.75, 3.05) is 18.2 Å². The number of esters is 1. The van der Waals surface area contributed by atoms with Gasteiger partial charge in [-0.1, -0.05) is 42.0 Å². The first-order valence-corrected chi connectivity index (χ1v) is 8.45. The van der Waals surface area contributed by atoms with Crippen LogP contribution in [0, 0.1) is 6.92 Å². The summed E-state index contributed by atoms with van der Waals surface area (Å²) in [6, 6.07) is 15.1. The molecule has 4 nitrogen and oxygen atoms in total. The second kappa shape index (κ2) is 8.39. The first-order chi connectivity index (χ1) is 11.1. The van der Waals surface area contributed by atoms with Crippen molar-refractivity contribution in [3.8, 4) is 0 Å². The van der Waals surface area contributed by atoms with E-state index in [-0.39, 0.29) is 18.9 Å². The van der Waals surface area contributed by atoms with Crippen molar-refractivity contribution in [2.45, 2.75) is 18.2 Å². The lowest BCUT2D eigenvalue weighted by Crippen LogP contribution is -2.21. The number of hydrogen-bond donors (Lipinski definition) is 1. The molecule has 0 aliphatic carbocycles. The number of anilines is 1. The molecule has 0 bridgehead atoms. The van der Waals surface area contributed by atoms with Crippen LogP contribution in [0.1, 0.15) is 11.1 Å². The van der Waals surface area contributed by atoms with E-state index in [2.05, 4.69) is 5.32 Å². The number of nitrogens with one attached hydrogen (secondary N) is 1. The van der Waals surface area contributed by atoms with Crippen molar-refractivity contribution in [1.29, 1.82) is 0 Å². The van der Waals surface area contributed by atoms with Gasteiger partial charge in [0.25, 0.3) is 5.91 Å². The maximum Gasteiger partial charge on any atom is 0.310 e. The Morgan fingerprint density at radius 2 is 1.78 bits per heavy atom. The van der Waals surface area contributed by atoms with Crippen molar-refractivity contribution < 1.29 is 14.3 Å². The summed E-state index contributed by atoms with van der Waals surface area (Å²) >= 11 is 1.54. The van der Waals surface area contributed by atoms with Crippen LogP contribution in [0.25, 0.3) is 0 Å². The summed E-state index contributed by atoms with van der Waals surface area (Å²) in [5, 5.41) is 2.75. The number of ether oxygens (including phenoxy) is 1. The Morgan fingerprint density at radius 1 is 1.09 bits per heavy atom. The van der Waals surface area contributed by atoms with Gasteiger partial charge in [-0.15, -0.1) is 11.8 Å². The predicted molar refractivity (Wildman–Crippen MR) is 92.7 cm³/mol. The molecular formula is C18H19NO3S. The Bertz CT molecular complexity index is 683. The Hall–Kier alpha value is -2.27. The Balaban J connectivity index is 1.82. The number of carbonyl (C=O) groups is 2. The van der Waals surface area contributed by atoms with Crippen molar-refractivity contribution >= 4 is 29.3 Å². The molecule has 0 aliphatic rings. The van der Waals surface area contributed by atoms with E-state index < -0.39 is 5.97 Å². The van der Waals surface area contributed by atoms with Gasteiger partial charge in [-0.3, -0.25) is 9.59 Å². The van der Waals surface area contributed by atoms with E-state index >= 15 is 0 Å². The molecule has 1 amide bonds. The SMILES string of the molecule is CSc1ccccc1NC(=O)COC(=O)Cc1ccc(C)cc1. The van der Waals surface area contributed by atoms with Crippen LogP contribution in [0.15, 0.2) is 53.4 Å². The molecule has 0 saturated heterocycles. The molecule has 0 atom stereocenters. The summed E-state index contributed by atoms with van der Waals surface area (Å²) in [5.74, 6) is -0.758. The number of para-hydroxylation sites is 1. The molecule has 0 spiro atoms. The maximum absolute atomic E-state index is 11.9. The van der Waals surface area contributed by atoms with E-state index in [0.29, 0.717) is 0 Å². The molecule has 120 valence electrons. The van der Waals surface area contributed by atoms with E-state index in [1.54, 1.807) is 11.8 Å². The summed E-state index contributed by atoms with van der Waals surface area (Å²) in [5.41, 5.74) is 2.72. The molecule has 2 rings (SSSR count). The smallest absolute Gasteiger partial charge is 0.310 e. The standard InChI is InChI=1S/C18H19NO3S/c1-13-7-9-14(10-8-13)11-18(21)22-12-17(20)19-15-5-3-4-6-16(15)23-2/h3-10H,11-12H2,1-2H3,(H,19,20). The highest BCUT2D eigenvalue weighted by Gasteiger charge is 2.10. The number of rotatable bonds is 6. The highest BCUT2D eigenvalue weighted by Crippen LogP contribution is 2.24. The van der Waals surface area contributed by atoms with Crippen LogP contribution in [0.2, 0.25) is 0 Å². The lowest BCUT2D eigenvalue weighted by atomic mass is 10.1. The fourth-order valence-corrected chi connectivity index (χ4v) is 2.56. The van der Waals surface area contributed by atoms with Gasteiger partial charge in [0, 0.05) is 4.90 Å². The van der Waals surface area contributed by atoms with E-state index in [9.17, 15) is 9.59 Å². The molecular weight excluding hydrogens is 310 g/mol. The number of amides is 1. The van der Waals surface area contributed by atoms with Crippen LogP contribution in [-0.4, -0.2) is 24.7 Å². The lowest BCUT2D eigenvalue weighted by molar-refractivity contribution is -0.146. The molecule has 0 heterocycles. The highest BCUT2D eigenvalue weighted by molar-refractivity contribution is 7.98. The van der Waals surface area contributed by atoms with Crippen LogP contribution < -0.4 is 5.32 Å². The van der Waals surface area contributed by atoms with Crippen LogP contribution >= 0.6 is 11.8 Å². The van der Waals surface area contributed by atoms with Crippen molar-refractivity contribution in [3.63, 3.8) is 0 Å². The van der Waals surface area contributed by atoms with Crippen LogP contribution in [0.3, 0.4) is 0 Å². The second-order valence-electron chi connectivity index (χ2n) is 5.07. The van der Waals surface area contributed by atoms with E-state index in [1.807, 2.05) is 61.7 Å². The number of hydrogen-bond acceptors (Lipinski definition) is 4. The van der Waals surface area contributed by atoms with Gasteiger partial charge >= 0.3 is 5.97 Å². The summed E-state index contributed by atoms with van der Waals surface area (Å²) in [4.78, 5) is 24.6. The maximum atomic E-state index is 11.9. The number of thioether (sulfide) groups is 1. The second-order valence-corrected chi connectivity index (χ2v) is 5.92. The fraction of sp³-hybridized carbons (Fsp3) is 0.222. The predicted octanol–water partition coefficient (Wildman–Crippen LogP) is 3.44. The third-order valence-corrected chi connectivity index (χ3v) is 4.01. The van der Waals surface area contributed by atoms with E-state index in [4.69, 9.17) is 4.74 Å². The molecule has 0 unspecified atom stereocenters. The third-order valence-electron chi connectivity index (χ3n) is 3.21. The molecule has 2 aromatic carbocycles.